The van der Waals surface area contributed by atoms with E-state index in [4.69, 9.17) is 16.7 Å². The predicted molar refractivity (Wildman–Crippen MR) is 65.6 cm³/mol. The molecule has 0 radical (unpaired) electrons. The second kappa shape index (κ2) is 5.06. The van der Waals surface area contributed by atoms with Gasteiger partial charge in [0.2, 0.25) is 5.95 Å². The molecule has 0 unspecified atom stereocenters. The maximum atomic E-state index is 13.9. The van der Waals surface area contributed by atoms with Crippen molar-refractivity contribution >= 4 is 33.5 Å². The van der Waals surface area contributed by atoms with Crippen LogP contribution >= 0.6 is 11.6 Å². The van der Waals surface area contributed by atoms with Gasteiger partial charge in [-0.2, -0.15) is 10.1 Å². The summed E-state index contributed by atoms with van der Waals surface area (Å²) < 4.78 is 39.7. The molecule has 0 atom stereocenters. The molecule has 8 nitrogen and oxygen atoms in total. The van der Waals surface area contributed by atoms with E-state index in [1.165, 1.54) is 0 Å². The highest BCUT2D eigenvalue weighted by Crippen LogP contribution is 2.25. The van der Waals surface area contributed by atoms with Crippen LogP contribution < -0.4 is 4.72 Å². The van der Waals surface area contributed by atoms with Crippen LogP contribution in [0.5, 0.6) is 0 Å². The summed E-state index contributed by atoms with van der Waals surface area (Å²) in [4.78, 5) is 13.4. The summed E-state index contributed by atoms with van der Waals surface area (Å²) in [5.41, 5.74) is -0.851. The highest BCUT2D eigenvalue weighted by atomic mass is 35.5. The van der Waals surface area contributed by atoms with E-state index in [9.17, 15) is 17.6 Å². The molecule has 106 valence electrons. The van der Waals surface area contributed by atoms with Crippen LogP contribution in [-0.2, 0) is 10.0 Å². The van der Waals surface area contributed by atoms with Crippen molar-refractivity contribution in [2.45, 2.75) is 4.90 Å². The van der Waals surface area contributed by atoms with Crippen LogP contribution in [0.2, 0.25) is 5.02 Å². The summed E-state index contributed by atoms with van der Waals surface area (Å²) in [6.07, 6.45) is 1.04. The number of sulfonamides is 1. The molecule has 0 saturated carbocycles. The van der Waals surface area contributed by atoms with Crippen molar-refractivity contribution in [3.8, 4) is 0 Å². The van der Waals surface area contributed by atoms with Gasteiger partial charge in [0.05, 0.1) is 5.56 Å². The second-order valence-corrected chi connectivity index (χ2v) is 5.60. The molecule has 3 N–H and O–H groups in total. The van der Waals surface area contributed by atoms with Crippen LogP contribution in [0.25, 0.3) is 0 Å². The van der Waals surface area contributed by atoms with Crippen molar-refractivity contribution < 1.29 is 22.7 Å². The summed E-state index contributed by atoms with van der Waals surface area (Å²) in [5.74, 6) is -3.31. The number of nitrogens with one attached hydrogen (secondary N) is 2. The van der Waals surface area contributed by atoms with Crippen LogP contribution in [0, 0.1) is 5.82 Å². The molecule has 0 aliphatic carbocycles. The molecular formula is C9H6ClFN4O4S. The Bertz CT molecular complexity index is 763. The first kappa shape index (κ1) is 14.2. The van der Waals surface area contributed by atoms with Crippen LogP contribution in [-0.4, -0.2) is 34.7 Å². The summed E-state index contributed by atoms with van der Waals surface area (Å²) >= 11 is 5.60. The van der Waals surface area contributed by atoms with Crippen molar-refractivity contribution in [3.05, 3.63) is 34.9 Å². The molecule has 20 heavy (non-hydrogen) atoms. The number of carboxylic acid groups (broad SMARTS) is 1. The van der Waals surface area contributed by atoms with Gasteiger partial charge in [0.1, 0.15) is 11.2 Å². The smallest absolute Gasteiger partial charge is 0.338 e. The fourth-order valence-electron chi connectivity index (χ4n) is 1.35. The molecule has 1 aromatic heterocycles. The van der Waals surface area contributed by atoms with Gasteiger partial charge >= 0.3 is 5.97 Å². The molecule has 0 saturated heterocycles. The molecule has 2 aromatic rings. The maximum Gasteiger partial charge on any atom is 0.338 e. The largest absolute Gasteiger partial charge is 0.478 e. The normalized spacial score (nSPS) is 11.3. The SMILES string of the molecule is O=C(O)c1cc(Cl)cc(S(=O)(=O)Nc2ncn[nH]2)c1F. The third-order valence-corrected chi connectivity index (χ3v) is 3.73. The summed E-state index contributed by atoms with van der Waals surface area (Å²) in [5, 5.41) is 14.2. The molecule has 0 spiro atoms. The number of aromatic amines is 1. The van der Waals surface area contributed by atoms with Crippen LogP contribution in [0.15, 0.2) is 23.4 Å². The number of halogens is 2. The average molecular weight is 321 g/mol. The predicted octanol–water partition coefficient (Wildman–Crippen LogP) is 1.10. The van der Waals surface area contributed by atoms with Gasteiger partial charge in [-0.3, -0.25) is 0 Å². The molecule has 0 amide bonds. The fraction of sp³-hybridized carbons (Fsp3) is 0. The van der Waals surface area contributed by atoms with Gasteiger partial charge in [0.15, 0.2) is 5.82 Å². The van der Waals surface area contributed by atoms with Crippen molar-refractivity contribution in [1.29, 1.82) is 0 Å². The van der Waals surface area contributed by atoms with E-state index in [-0.39, 0.29) is 11.0 Å². The molecule has 11 heteroatoms. The minimum absolute atomic E-state index is 0.234. The van der Waals surface area contributed by atoms with E-state index in [1.807, 2.05) is 4.72 Å². The Kier molecular flexibility index (Phi) is 3.59. The van der Waals surface area contributed by atoms with E-state index >= 15 is 0 Å². The summed E-state index contributed by atoms with van der Waals surface area (Å²) in [6, 6.07) is 1.61. The monoisotopic (exact) mass is 320 g/mol. The number of benzene rings is 1. The van der Waals surface area contributed by atoms with Gasteiger partial charge in [-0.25, -0.2) is 27.4 Å². The first-order valence-corrected chi connectivity index (χ1v) is 6.78. The van der Waals surface area contributed by atoms with E-state index in [1.54, 1.807) is 0 Å². The summed E-state index contributed by atoms with van der Waals surface area (Å²) in [6.45, 7) is 0. The average Bonchev–Trinajstić information content (AvgIpc) is 2.83. The highest BCUT2D eigenvalue weighted by molar-refractivity contribution is 7.92. The number of hydrogen-bond acceptors (Lipinski definition) is 5. The number of H-pyrrole nitrogens is 1. The van der Waals surface area contributed by atoms with Gasteiger partial charge in [-0.05, 0) is 12.1 Å². The zero-order valence-corrected chi connectivity index (χ0v) is 11.0. The minimum atomic E-state index is -4.40. The van der Waals surface area contributed by atoms with Crippen molar-refractivity contribution in [1.82, 2.24) is 15.2 Å². The van der Waals surface area contributed by atoms with Crippen molar-refractivity contribution in [3.63, 3.8) is 0 Å². The van der Waals surface area contributed by atoms with E-state index < -0.39 is 32.3 Å². The lowest BCUT2D eigenvalue weighted by Crippen LogP contribution is -2.17. The lowest BCUT2D eigenvalue weighted by Gasteiger charge is -2.08. The zero-order chi connectivity index (χ0) is 14.9. The number of anilines is 1. The van der Waals surface area contributed by atoms with Gasteiger partial charge in [0, 0.05) is 5.02 Å². The Morgan fingerprint density at radius 1 is 1.45 bits per heavy atom. The Labute approximate surface area is 116 Å². The van der Waals surface area contributed by atoms with Gasteiger partial charge < -0.3 is 5.11 Å². The molecular weight excluding hydrogens is 315 g/mol. The van der Waals surface area contributed by atoms with E-state index in [0.29, 0.717) is 0 Å². The van der Waals surface area contributed by atoms with Crippen LogP contribution in [0.3, 0.4) is 0 Å². The van der Waals surface area contributed by atoms with Crippen LogP contribution in [0.4, 0.5) is 10.3 Å². The first-order valence-electron chi connectivity index (χ1n) is 4.92. The Hall–Kier alpha value is -2.20. The maximum absolute atomic E-state index is 13.9. The molecule has 1 heterocycles. The number of aromatic carboxylic acids is 1. The number of aromatic nitrogens is 3. The lowest BCUT2D eigenvalue weighted by atomic mass is 10.2. The molecule has 2 rings (SSSR count). The van der Waals surface area contributed by atoms with Gasteiger partial charge in [0.25, 0.3) is 10.0 Å². The summed E-state index contributed by atoms with van der Waals surface area (Å²) in [7, 11) is -4.40. The third-order valence-electron chi connectivity index (χ3n) is 2.17. The second-order valence-electron chi connectivity index (χ2n) is 3.51. The van der Waals surface area contributed by atoms with Crippen LogP contribution in [0.1, 0.15) is 10.4 Å². The Morgan fingerprint density at radius 3 is 2.70 bits per heavy atom. The zero-order valence-electron chi connectivity index (χ0n) is 9.46. The van der Waals surface area contributed by atoms with E-state index in [2.05, 4.69) is 15.2 Å². The number of rotatable bonds is 4. The highest BCUT2D eigenvalue weighted by Gasteiger charge is 2.25. The topological polar surface area (TPSA) is 125 Å². The Balaban J connectivity index is 2.54. The van der Waals surface area contributed by atoms with Gasteiger partial charge in [-0.15, -0.1) is 0 Å². The Morgan fingerprint density at radius 2 is 2.15 bits per heavy atom. The quantitative estimate of drug-likeness (QED) is 0.774. The minimum Gasteiger partial charge on any atom is -0.478 e. The standard InChI is InChI=1S/C9H6ClFN4O4S/c10-4-1-5(8(16)17)7(11)6(2-4)20(18,19)15-9-12-3-13-14-9/h1-3H,(H,16,17)(H2,12,13,14,15). The van der Waals surface area contributed by atoms with Gasteiger partial charge in [-0.1, -0.05) is 11.6 Å². The van der Waals surface area contributed by atoms with E-state index in [0.717, 1.165) is 18.5 Å². The molecule has 0 fully saturated rings. The number of carboxylic acids is 1. The number of nitrogens with zero attached hydrogens (tertiary/aromatic N) is 2. The number of carbonyl (C=O) groups is 1. The number of hydrogen-bond donors (Lipinski definition) is 3. The van der Waals surface area contributed by atoms with Crippen molar-refractivity contribution in [2.75, 3.05) is 4.72 Å². The molecule has 1 aromatic carbocycles. The lowest BCUT2D eigenvalue weighted by molar-refractivity contribution is 0.0691. The molecule has 0 bridgehead atoms. The first-order chi connectivity index (χ1) is 9.31. The molecule has 0 aliphatic rings. The third kappa shape index (κ3) is 2.70. The molecule has 0 aliphatic heterocycles. The fourth-order valence-corrected chi connectivity index (χ4v) is 2.73. The van der Waals surface area contributed by atoms with Crippen molar-refractivity contribution in [2.24, 2.45) is 0 Å².